The van der Waals surface area contributed by atoms with Crippen molar-refractivity contribution >= 4 is 15.7 Å². The van der Waals surface area contributed by atoms with E-state index in [1.54, 1.807) is 18.5 Å². The zero-order valence-electron chi connectivity index (χ0n) is 18.6. The van der Waals surface area contributed by atoms with Crippen LogP contribution in [0.2, 0.25) is 0 Å². The fourth-order valence-corrected chi connectivity index (χ4v) is 4.82. The summed E-state index contributed by atoms with van der Waals surface area (Å²) in [6.07, 6.45) is 6.49. The number of aromatic nitrogens is 4. The lowest BCUT2D eigenvalue weighted by Gasteiger charge is -2.09. The topological polar surface area (TPSA) is 121 Å². The van der Waals surface area contributed by atoms with E-state index in [0.717, 1.165) is 18.4 Å². The molecule has 0 radical (unpaired) electrons. The second kappa shape index (κ2) is 10.8. The van der Waals surface area contributed by atoms with Gasteiger partial charge >= 0.3 is 0 Å². The molecule has 0 saturated heterocycles. The Morgan fingerprint density at radius 2 is 1.89 bits per heavy atom. The number of amides is 1. The van der Waals surface area contributed by atoms with Crippen LogP contribution in [0, 0.1) is 17.7 Å². The first-order chi connectivity index (χ1) is 16.9. The van der Waals surface area contributed by atoms with Crippen LogP contribution in [0.1, 0.15) is 39.2 Å². The van der Waals surface area contributed by atoms with Gasteiger partial charge in [-0.25, -0.2) is 12.8 Å². The second-order valence-electron chi connectivity index (χ2n) is 7.77. The van der Waals surface area contributed by atoms with Crippen molar-refractivity contribution in [1.82, 2.24) is 25.7 Å². The largest absolute Gasteiger partial charge is 0.352 e. The number of nitrogens with zero attached hydrogens (tertiary/aromatic N) is 2. The van der Waals surface area contributed by atoms with Crippen LogP contribution in [0.15, 0.2) is 72.0 Å². The molecule has 0 fully saturated rings. The minimum absolute atomic E-state index is 0.00165. The predicted molar refractivity (Wildman–Crippen MR) is 128 cm³/mol. The summed E-state index contributed by atoms with van der Waals surface area (Å²) in [6, 6.07) is 11.4. The number of hydrogen-bond donors (Lipinski definition) is 3. The summed E-state index contributed by atoms with van der Waals surface area (Å²) < 4.78 is 39.4. The first-order valence-electron chi connectivity index (χ1n) is 10.8. The maximum Gasteiger partial charge on any atom is 0.251 e. The molecule has 10 heteroatoms. The van der Waals surface area contributed by atoms with E-state index in [9.17, 15) is 17.6 Å². The summed E-state index contributed by atoms with van der Waals surface area (Å²) in [5.41, 5.74) is 2.46. The van der Waals surface area contributed by atoms with Crippen LogP contribution in [-0.2, 0) is 22.0 Å². The van der Waals surface area contributed by atoms with Gasteiger partial charge in [-0.15, -0.1) is 0 Å². The Balaban J connectivity index is 1.57. The molecule has 4 aromatic rings. The molecule has 0 unspecified atom stereocenters. The molecule has 2 aromatic heterocycles. The molecular formula is C25H22FN5O3S. The third kappa shape index (κ3) is 6.43. The van der Waals surface area contributed by atoms with E-state index in [-0.39, 0.29) is 27.7 Å². The third-order valence-corrected chi connectivity index (χ3v) is 6.87. The minimum atomic E-state index is -3.79. The number of H-pyrrole nitrogens is 2. The quantitative estimate of drug-likeness (QED) is 0.259. The zero-order chi connectivity index (χ0) is 24.7. The summed E-state index contributed by atoms with van der Waals surface area (Å²) in [6.45, 7) is 0.445. The highest BCUT2D eigenvalue weighted by molar-refractivity contribution is 7.90. The second-order valence-corrected chi connectivity index (χ2v) is 9.73. The van der Waals surface area contributed by atoms with Crippen molar-refractivity contribution in [3.05, 3.63) is 101 Å². The number of rotatable bonds is 8. The summed E-state index contributed by atoms with van der Waals surface area (Å²) in [5.74, 6) is 4.67. The molecule has 1 amide bonds. The van der Waals surface area contributed by atoms with Crippen molar-refractivity contribution in [1.29, 1.82) is 0 Å². The Morgan fingerprint density at radius 3 is 2.60 bits per heavy atom. The highest BCUT2D eigenvalue weighted by atomic mass is 32.2. The molecular weight excluding hydrogens is 469 g/mol. The van der Waals surface area contributed by atoms with E-state index in [1.807, 2.05) is 0 Å². The van der Waals surface area contributed by atoms with Crippen LogP contribution >= 0.6 is 0 Å². The molecule has 0 saturated carbocycles. The van der Waals surface area contributed by atoms with Gasteiger partial charge in [0, 0.05) is 35.6 Å². The van der Waals surface area contributed by atoms with Crippen LogP contribution in [0.5, 0.6) is 0 Å². The molecule has 0 aliphatic carbocycles. The number of nitrogens with one attached hydrogen (secondary N) is 3. The van der Waals surface area contributed by atoms with Gasteiger partial charge in [-0.2, -0.15) is 10.2 Å². The Morgan fingerprint density at radius 1 is 1.06 bits per heavy atom. The summed E-state index contributed by atoms with van der Waals surface area (Å²) in [5, 5.41) is 15.9. The molecule has 0 atom stereocenters. The van der Waals surface area contributed by atoms with E-state index in [1.165, 1.54) is 48.7 Å². The van der Waals surface area contributed by atoms with Gasteiger partial charge in [0.05, 0.1) is 22.5 Å². The number of sulfone groups is 1. The van der Waals surface area contributed by atoms with E-state index < -0.39 is 15.7 Å². The third-order valence-electron chi connectivity index (χ3n) is 5.15. The fraction of sp³-hybridized carbons (Fsp3) is 0.160. The van der Waals surface area contributed by atoms with Gasteiger partial charge in [-0.05, 0) is 66.9 Å². The van der Waals surface area contributed by atoms with Gasteiger partial charge < -0.3 is 5.32 Å². The van der Waals surface area contributed by atoms with Crippen LogP contribution in [0.4, 0.5) is 4.39 Å². The number of carbonyl (C=O) groups is 1. The van der Waals surface area contributed by atoms with E-state index in [0.29, 0.717) is 17.8 Å². The van der Waals surface area contributed by atoms with Crippen molar-refractivity contribution in [3.63, 3.8) is 0 Å². The number of hydrogen-bond acceptors (Lipinski definition) is 5. The van der Waals surface area contributed by atoms with E-state index in [4.69, 9.17) is 0 Å². The van der Waals surface area contributed by atoms with E-state index in [2.05, 4.69) is 37.6 Å². The summed E-state index contributed by atoms with van der Waals surface area (Å²) in [7, 11) is -3.79. The Labute approximate surface area is 201 Å². The first kappa shape index (κ1) is 23.9. The highest BCUT2D eigenvalue weighted by Crippen LogP contribution is 2.21. The molecule has 2 heterocycles. The first-order valence-corrected chi connectivity index (χ1v) is 12.4. The number of halogens is 1. The molecule has 8 nitrogen and oxygen atoms in total. The van der Waals surface area contributed by atoms with Crippen molar-refractivity contribution in [3.8, 4) is 11.8 Å². The smallest absolute Gasteiger partial charge is 0.251 e. The van der Waals surface area contributed by atoms with Crippen molar-refractivity contribution in [2.24, 2.45) is 0 Å². The lowest BCUT2D eigenvalue weighted by atomic mass is 10.1. The number of benzene rings is 2. The Bertz CT molecular complexity index is 1450. The number of aromatic amines is 2. The normalized spacial score (nSPS) is 11.0. The molecule has 0 aliphatic heterocycles. The average molecular weight is 492 g/mol. The Kier molecular flexibility index (Phi) is 7.38. The molecule has 0 spiro atoms. The maximum absolute atomic E-state index is 13.2. The van der Waals surface area contributed by atoms with Gasteiger partial charge in [-0.1, -0.05) is 11.8 Å². The van der Waals surface area contributed by atoms with Gasteiger partial charge in [-0.3, -0.25) is 15.0 Å². The molecule has 0 bridgehead atoms. The van der Waals surface area contributed by atoms with Gasteiger partial charge in [0.2, 0.25) is 0 Å². The minimum Gasteiger partial charge on any atom is -0.352 e. The summed E-state index contributed by atoms with van der Waals surface area (Å²) in [4.78, 5) is 12.7. The van der Waals surface area contributed by atoms with Crippen LogP contribution < -0.4 is 5.32 Å². The van der Waals surface area contributed by atoms with Crippen molar-refractivity contribution in [2.45, 2.75) is 23.5 Å². The SMILES string of the molecule is O=C(NCCCc1cn[nH]c1)c1ccc(S(=O)(=O)Cc2ccn[nH]2)c(C#Cc2ccc(F)cc2)c1. The summed E-state index contributed by atoms with van der Waals surface area (Å²) >= 11 is 0. The van der Waals surface area contributed by atoms with Crippen LogP contribution in [0.3, 0.4) is 0 Å². The molecule has 0 aliphatic rings. The maximum atomic E-state index is 13.2. The number of carbonyl (C=O) groups excluding carboxylic acids is 1. The van der Waals surface area contributed by atoms with Crippen LogP contribution in [0.25, 0.3) is 0 Å². The lowest BCUT2D eigenvalue weighted by Crippen LogP contribution is -2.25. The average Bonchev–Trinajstić information content (AvgIpc) is 3.55. The van der Waals surface area contributed by atoms with Gasteiger partial charge in [0.25, 0.3) is 5.91 Å². The van der Waals surface area contributed by atoms with Crippen molar-refractivity contribution < 1.29 is 17.6 Å². The van der Waals surface area contributed by atoms with Gasteiger partial charge in [0.15, 0.2) is 9.84 Å². The molecule has 4 rings (SSSR count). The standard InChI is InChI=1S/C25H22FN5O3S/c26-22-8-4-18(5-9-22)3-6-20-14-21(25(32)27-12-1-2-19-15-29-30-16-19)7-10-24(20)35(33,34)17-23-11-13-28-31-23/h4-5,7-11,13-16H,1-2,12,17H2,(H,27,32)(H,28,31)(H,29,30). The van der Waals surface area contributed by atoms with E-state index >= 15 is 0 Å². The fourth-order valence-electron chi connectivity index (χ4n) is 3.37. The molecule has 35 heavy (non-hydrogen) atoms. The molecule has 2 aromatic carbocycles. The zero-order valence-corrected chi connectivity index (χ0v) is 19.4. The highest BCUT2D eigenvalue weighted by Gasteiger charge is 2.21. The number of aryl methyl sites for hydroxylation is 1. The van der Waals surface area contributed by atoms with Crippen LogP contribution in [-0.4, -0.2) is 41.3 Å². The lowest BCUT2D eigenvalue weighted by molar-refractivity contribution is 0.0953. The monoisotopic (exact) mass is 491 g/mol. The van der Waals surface area contributed by atoms with Gasteiger partial charge in [0.1, 0.15) is 5.82 Å². The predicted octanol–water partition coefficient (Wildman–Crippen LogP) is 3.01. The Hall–Kier alpha value is -4.23. The van der Waals surface area contributed by atoms with Crippen molar-refractivity contribution in [2.75, 3.05) is 6.54 Å². The molecule has 178 valence electrons. The molecule has 3 N–H and O–H groups in total.